The molecule has 0 aromatic rings. The van der Waals surface area contributed by atoms with Crippen LogP contribution in [-0.2, 0) is 4.79 Å². The van der Waals surface area contributed by atoms with Crippen LogP contribution in [0.15, 0.2) is 0 Å². The molecular weight excluding hydrogens is 140 g/mol. The Bertz CT molecular complexity index is 172. The molecular formula is C9H16O2. The van der Waals surface area contributed by atoms with Gasteiger partial charge in [-0.25, -0.2) is 0 Å². The largest absolute Gasteiger partial charge is 0.392 e. The fourth-order valence-electron chi connectivity index (χ4n) is 1.93. The minimum atomic E-state index is -0.319. The summed E-state index contributed by atoms with van der Waals surface area (Å²) in [6, 6.07) is 0. The topological polar surface area (TPSA) is 37.3 Å². The molecule has 0 aliphatic heterocycles. The molecule has 2 nitrogen and oxygen atoms in total. The zero-order valence-corrected chi connectivity index (χ0v) is 7.42. The lowest BCUT2D eigenvalue weighted by Gasteiger charge is -2.38. The van der Waals surface area contributed by atoms with Crippen molar-refractivity contribution in [1.82, 2.24) is 0 Å². The van der Waals surface area contributed by atoms with Crippen LogP contribution in [0.1, 0.15) is 33.6 Å². The Labute approximate surface area is 67.6 Å². The molecule has 1 aliphatic rings. The van der Waals surface area contributed by atoms with Crippen LogP contribution >= 0.6 is 0 Å². The van der Waals surface area contributed by atoms with Crippen LogP contribution in [0.3, 0.4) is 0 Å². The number of carbonyl (C=O) groups is 1. The number of carbonyl (C=O) groups excluding carboxylic acids is 1. The first-order valence-corrected chi connectivity index (χ1v) is 4.13. The second-order valence-electron chi connectivity index (χ2n) is 4.33. The quantitative estimate of drug-likeness (QED) is 0.575. The van der Waals surface area contributed by atoms with Gasteiger partial charge in [0.05, 0.1) is 6.10 Å². The average molecular weight is 156 g/mol. The van der Waals surface area contributed by atoms with Crippen LogP contribution in [0.25, 0.3) is 0 Å². The summed E-state index contributed by atoms with van der Waals surface area (Å²) >= 11 is 0. The van der Waals surface area contributed by atoms with Gasteiger partial charge < -0.3 is 5.11 Å². The van der Waals surface area contributed by atoms with E-state index in [9.17, 15) is 9.90 Å². The molecule has 0 radical (unpaired) electrons. The van der Waals surface area contributed by atoms with Gasteiger partial charge in [-0.1, -0.05) is 20.8 Å². The van der Waals surface area contributed by atoms with E-state index >= 15 is 0 Å². The van der Waals surface area contributed by atoms with E-state index in [2.05, 4.69) is 0 Å². The lowest BCUT2D eigenvalue weighted by molar-refractivity contribution is -0.131. The van der Waals surface area contributed by atoms with Crippen molar-refractivity contribution < 1.29 is 9.90 Å². The van der Waals surface area contributed by atoms with Gasteiger partial charge >= 0.3 is 0 Å². The van der Waals surface area contributed by atoms with Crippen LogP contribution < -0.4 is 0 Å². The predicted octanol–water partition coefficient (Wildman–Crippen LogP) is 1.37. The summed E-state index contributed by atoms with van der Waals surface area (Å²) in [6.07, 6.45) is 0.753. The molecule has 0 amide bonds. The summed E-state index contributed by atoms with van der Waals surface area (Å²) in [7, 11) is 0. The maximum Gasteiger partial charge on any atom is 0.133 e. The first kappa shape index (κ1) is 8.72. The molecule has 0 bridgehead atoms. The highest BCUT2D eigenvalue weighted by Gasteiger charge is 2.39. The van der Waals surface area contributed by atoms with Crippen molar-refractivity contribution in [2.75, 3.05) is 0 Å². The summed E-state index contributed by atoms with van der Waals surface area (Å²) in [5, 5.41) is 9.67. The van der Waals surface area contributed by atoms with Gasteiger partial charge in [-0.2, -0.15) is 0 Å². The van der Waals surface area contributed by atoms with Crippen molar-refractivity contribution in [1.29, 1.82) is 0 Å². The van der Waals surface area contributed by atoms with Crippen LogP contribution in [0.4, 0.5) is 0 Å². The van der Waals surface area contributed by atoms with Crippen molar-refractivity contribution in [2.45, 2.75) is 39.7 Å². The highest BCUT2D eigenvalue weighted by molar-refractivity contribution is 5.80. The Morgan fingerprint density at radius 1 is 1.55 bits per heavy atom. The van der Waals surface area contributed by atoms with Gasteiger partial charge in [-0.15, -0.1) is 0 Å². The van der Waals surface area contributed by atoms with Crippen molar-refractivity contribution >= 4 is 5.78 Å². The standard InChI is InChI=1S/C9H16O2/c1-6-4-7(10)5-9(2,3)8(6)11/h6,8,11H,4-5H2,1-3H3/t6-,8-/m0/s1. The SMILES string of the molecule is C[C@H]1CC(=O)CC(C)(C)[C@H]1O. The molecule has 0 aromatic heterocycles. The minimum Gasteiger partial charge on any atom is -0.392 e. The number of rotatable bonds is 0. The van der Waals surface area contributed by atoms with Gasteiger partial charge in [-0.3, -0.25) is 4.79 Å². The molecule has 1 aliphatic carbocycles. The molecule has 1 rings (SSSR count). The van der Waals surface area contributed by atoms with Crippen LogP contribution in [-0.4, -0.2) is 17.0 Å². The molecule has 11 heavy (non-hydrogen) atoms. The number of ketones is 1. The van der Waals surface area contributed by atoms with Crippen LogP contribution in [0.5, 0.6) is 0 Å². The monoisotopic (exact) mass is 156 g/mol. The zero-order valence-electron chi connectivity index (χ0n) is 7.42. The van der Waals surface area contributed by atoms with Crippen molar-refractivity contribution in [3.05, 3.63) is 0 Å². The number of hydrogen-bond donors (Lipinski definition) is 1. The molecule has 0 saturated heterocycles. The van der Waals surface area contributed by atoms with Crippen molar-refractivity contribution in [3.8, 4) is 0 Å². The zero-order chi connectivity index (χ0) is 8.65. The summed E-state index contributed by atoms with van der Waals surface area (Å²) in [5.41, 5.74) is -0.214. The van der Waals surface area contributed by atoms with Crippen LogP contribution in [0.2, 0.25) is 0 Å². The number of aliphatic hydroxyl groups excluding tert-OH is 1. The first-order valence-electron chi connectivity index (χ1n) is 4.13. The predicted molar refractivity (Wildman–Crippen MR) is 43.2 cm³/mol. The highest BCUT2D eigenvalue weighted by Crippen LogP contribution is 2.36. The second kappa shape index (κ2) is 2.59. The van der Waals surface area contributed by atoms with Gasteiger partial charge in [-0.05, 0) is 11.3 Å². The van der Waals surface area contributed by atoms with E-state index in [-0.39, 0.29) is 23.2 Å². The van der Waals surface area contributed by atoms with E-state index in [0.717, 1.165) is 0 Å². The molecule has 1 N–H and O–H groups in total. The Kier molecular flexibility index (Phi) is 2.06. The van der Waals surface area contributed by atoms with Gasteiger partial charge in [0.1, 0.15) is 5.78 Å². The van der Waals surface area contributed by atoms with Gasteiger partial charge in [0.25, 0.3) is 0 Å². The number of Topliss-reactive ketones (excluding diaryl/α,β-unsaturated/α-hetero) is 1. The van der Waals surface area contributed by atoms with E-state index in [1.165, 1.54) is 0 Å². The first-order chi connectivity index (χ1) is 4.93. The average Bonchev–Trinajstić information content (AvgIpc) is 1.81. The van der Waals surface area contributed by atoms with E-state index < -0.39 is 0 Å². The minimum absolute atomic E-state index is 0.131. The normalized spacial score (nSPS) is 37.3. The molecule has 1 fully saturated rings. The number of hydrogen-bond acceptors (Lipinski definition) is 2. The Morgan fingerprint density at radius 2 is 2.09 bits per heavy atom. The fraction of sp³-hybridized carbons (Fsp3) is 0.889. The van der Waals surface area contributed by atoms with Crippen molar-refractivity contribution in [3.63, 3.8) is 0 Å². The summed E-state index contributed by atoms with van der Waals surface area (Å²) in [6.45, 7) is 5.83. The second-order valence-corrected chi connectivity index (χ2v) is 4.33. The molecule has 0 aromatic carbocycles. The van der Waals surface area contributed by atoms with Crippen LogP contribution in [0, 0.1) is 11.3 Å². The Hall–Kier alpha value is -0.370. The Morgan fingerprint density at radius 3 is 2.55 bits per heavy atom. The summed E-state index contributed by atoms with van der Waals surface area (Å²) in [5.74, 6) is 0.416. The van der Waals surface area contributed by atoms with Crippen molar-refractivity contribution in [2.24, 2.45) is 11.3 Å². The lowest BCUT2D eigenvalue weighted by atomic mass is 9.70. The molecule has 2 atom stereocenters. The van der Waals surface area contributed by atoms with Gasteiger partial charge in [0.15, 0.2) is 0 Å². The van der Waals surface area contributed by atoms with E-state index in [0.29, 0.717) is 12.8 Å². The maximum atomic E-state index is 11.1. The summed E-state index contributed by atoms with van der Waals surface area (Å²) < 4.78 is 0. The molecule has 1 saturated carbocycles. The van der Waals surface area contributed by atoms with E-state index in [1.54, 1.807) is 0 Å². The molecule has 0 heterocycles. The fourth-order valence-corrected chi connectivity index (χ4v) is 1.93. The molecule has 0 spiro atoms. The summed E-state index contributed by atoms with van der Waals surface area (Å²) in [4.78, 5) is 11.1. The van der Waals surface area contributed by atoms with Gasteiger partial charge in [0.2, 0.25) is 0 Å². The molecule has 2 heteroatoms. The molecule has 64 valence electrons. The highest BCUT2D eigenvalue weighted by atomic mass is 16.3. The Balaban J connectivity index is 2.75. The smallest absolute Gasteiger partial charge is 0.133 e. The van der Waals surface area contributed by atoms with E-state index in [1.807, 2.05) is 20.8 Å². The van der Waals surface area contributed by atoms with E-state index in [4.69, 9.17) is 0 Å². The maximum absolute atomic E-state index is 11.1. The third-order valence-corrected chi connectivity index (χ3v) is 2.54. The number of aliphatic hydroxyl groups is 1. The lowest BCUT2D eigenvalue weighted by Crippen LogP contribution is -2.42. The molecule has 0 unspecified atom stereocenters. The van der Waals surface area contributed by atoms with Gasteiger partial charge in [0, 0.05) is 12.8 Å². The third kappa shape index (κ3) is 1.62. The third-order valence-electron chi connectivity index (χ3n) is 2.54.